The van der Waals surface area contributed by atoms with Gasteiger partial charge in [-0.2, -0.15) is 0 Å². The van der Waals surface area contributed by atoms with E-state index >= 15 is 0 Å². The zero-order chi connectivity index (χ0) is 18.2. The summed E-state index contributed by atoms with van der Waals surface area (Å²) in [6.45, 7) is 11.7. The summed E-state index contributed by atoms with van der Waals surface area (Å²) < 4.78 is 4.89. The van der Waals surface area contributed by atoms with Crippen molar-refractivity contribution < 1.29 is 19.7 Å². The van der Waals surface area contributed by atoms with Gasteiger partial charge in [-0.05, 0) is 61.1 Å². The summed E-state index contributed by atoms with van der Waals surface area (Å²) in [6.07, 6.45) is -1.31. The molecule has 0 heterocycles. The van der Waals surface area contributed by atoms with Gasteiger partial charge in [0, 0.05) is 5.41 Å². The van der Waals surface area contributed by atoms with E-state index in [2.05, 4.69) is 13.8 Å². The van der Waals surface area contributed by atoms with Crippen LogP contribution in [0, 0.1) is 27.7 Å². The molecular weight excluding hydrogens is 304 g/mol. The van der Waals surface area contributed by atoms with Gasteiger partial charge in [0.1, 0.15) is 11.5 Å². The number of carboxylic acid groups (broad SMARTS) is 1. The molecule has 4 nitrogen and oxygen atoms in total. The molecule has 0 atom stereocenters. The largest absolute Gasteiger partial charge is 0.511 e. The minimum absolute atomic E-state index is 0.291. The first-order valence-corrected chi connectivity index (χ1v) is 7.87. The van der Waals surface area contributed by atoms with Gasteiger partial charge in [-0.3, -0.25) is 0 Å². The monoisotopic (exact) mass is 328 g/mol. The van der Waals surface area contributed by atoms with Crippen LogP contribution in [0.25, 0.3) is 0 Å². The molecule has 0 amide bonds. The Morgan fingerprint density at radius 1 is 0.875 bits per heavy atom. The van der Waals surface area contributed by atoms with Crippen molar-refractivity contribution in [1.29, 1.82) is 0 Å². The molecule has 0 bridgehead atoms. The van der Waals surface area contributed by atoms with Gasteiger partial charge in [0.25, 0.3) is 0 Å². The van der Waals surface area contributed by atoms with Crippen LogP contribution in [0.3, 0.4) is 0 Å². The average molecular weight is 328 g/mol. The molecule has 0 aliphatic heterocycles. The molecule has 24 heavy (non-hydrogen) atoms. The number of phenolic OH excluding ortho intramolecular Hbond substituents is 1. The van der Waals surface area contributed by atoms with Crippen LogP contribution in [0.1, 0.15) is 47.2 Å². The van der Waals surface area contributed by atoms with Gasteiger partial charge in [0.15, 0.2) is 0 Å². The number of hydrogen-bond acceptors (Lipinski definition) is 3. The summed E-state index contributed by atoms with van der Waals surface area (Å²) in [5.74, 6) is 0.715. The Labute approximate surface area is 142 Å². The fraction of sp³-hybridized carbons (Fsp3) is 0.350. The summed E-state index contributed by atoms with van der Waals surface area (Å²) in [7, 11) is 0. The number of phenols is 1. The lowest BCUT2D eigenvalue weighted by molar-refractivity contribution is 0.144. The normalized spacial score (nSPS) is 11.4. The molecule has 0 aliphatic carbocycles. The number of benzene rings is 2. The van der Waals surface area contributed by atoms with E-state index in [1.807, 2.05) is 52.0 Å². The molecule has 0 fully saturated rings. The van der Waals surface area contributed by atoms with Crippen molar-refractivity contribution >= 4 is 6.16 Å². The van der Waals surface area contributed by atoms with Crippen LogP contribution >= 0.6 is 0 Å². The van der Waals surface area contributed by atoms with Crippen molar-refractivity contribution in [3.05, 3.63) is 57.6 Å². The van der Waals surface area contributed by atoms with Gasteiger partial charge in [-0.15, -0.1) is 0 Å². The minimum Gasteiger partial charge on any atom is -0.507 e. The van der Waals surface area contributed by atoms with Crippen LogP contribution < -0.4 is 4.74 Å². The quantitative estimate of drug-likeness (QED) is 0.614. The molecule has 2 rings (SSSR count). The number of carbonyl (C=O) groups is 1. The van der Waals surface area contributed by atoms with Crippen LogP contribution in [-0.2, 0) is 5.41 Å². The third kappa shape index (κ3) is 3.23. The van der Waals surface area contributed by atoms with Crippen molar-refractivity contribution in [1.82, 2.24) is 0 Å². The van der Waals surface area contributed by atoms with Crippen LogP contribution in [0.2, 0.25) is 0 Å². The zero-order valence-corrected chi connectivity index (χ0v) is 15.0. The predicted molar refractivity (Wildman–Crippen MR) is 94.3 cm³/mol. The molecule has 0 radical (unpaired) electrons. The molecule has 0 unspecified atom stereocenters. The van der Waals surface area contributed by atoms with Crippen molar-refractivity contribution in [2.45, 2.75) is 47.0 Å². The zero-order valence-electron chi connectivity index (χ0n) is 15.0. The maximum Gasteiger partial charge on any atom is 0.511 e. The Balaban J connectivity index is 2.56. The molecule has 2 aromatic carbocycles. The summed E-state index contributed by atoms with van der Waals surface area (Å²) in [5, 5.41) is 18.9. The smallest absolute Gasteiger partial charge is 0.507 e. The second-order valence-corrected chi connectivity index (χ2v) is 6.89. The number of rotatable bonds is 3. The lowest BCUT2D eigenvalue weighted by Gasteiger charge is -2.28. The number of ether oxygens (including phenoxy) is 1. The minimum atomic E-state index is -1.31. The molecule has 0 aromatic heterocycles. The van der Waals surface area contributed by atoms with E-state index in [0.717, 1.165) is 33.4 Å². The Hall–Kier alpha value is -2.49. The van der Waals surface area contributed by atoms with Crippen molar-refractivity contribution in [2.75, 3.05) is 0 Å². The highest BCUT2D eigenvalue weighted by Crippen LogP contribution is 2.38. The summed E-state index contributed by atoms with van der Waals surface area (Å²) in [4.78, 5) is 10.8. The summed E-state index contributed by atoms with van der Waals surface area (Å²) >= 11 is 0. The van der Waals surface area contributed by atoms with Crippen molar-refractivity contribution in [3.63, 3.8) is 0 Å². The lowest BCUT2D eigenvalue weighted by atomic mass is 9.76. The standard InChI is InChI=1S/C20H24O4/c1-11-7-15(8-12(2)17(11)21)20(5,6)16-9-13(3)18(14(4)10-16)24-19(22)23/h7-10,21H,1-6H3,(H,22,23). The summed E-state index contributed by atoms with van der Waals surface area (Å²) in [6, 6.07) is 7.91. The molecule has 4 heteroatoms. The first kappa shape index (κ1) is 17.9. The van der Waals surface area contributed by atoms with Gasteiger partial charge in [-0.1, -0.05) is 38.1 Å². The predicted octanol–water partition coefficient (Wildman–Crippen LogP) is 5.01. The molecular formula is C20H24O4. The van der Waals surface area contributed by atoms with Crippen LogP contribution in [0.15, 0.2) is 24.3 Å². The van der Waals surface area contributed by atoms with Crippen LogP contribution in [0.5, 0.6) is 11.5 Å². The van der Waals surface area contributed by atoms with E-state index in [4.69, 9.17) is 9.84 Å². The van der Waals surface area contributed by atoms with Crippen molar-refractivity contribution in [2.24, 2.45) is 0 Å². The third-order valence-electron chi connectivity index (χ3n) is 4.58. The highest BCUT2D eigenvalue weighted by Gasteiger charge is 2.26. The van der Waals surface area contributed by atoms with E-state index in [1.54, 1.807) is 0 Å². The molecule has 128 valence electrons. The molecule has 2 aromatic rings. The Morgan fingerprint density at radius 2 is 1.25 bits per heavy atom. The first-order chi connectivity index (χ1) is 11.0. The average Bonchev–Trinajstić information content (AvgIpc) is 2.47. The Bertz CT molecular complexity index is 757. The van der Waals surface area contributed by atoms with E-state index < -0.39 is 6.16 Å². The summed E-state index contributed by atoms with van der Waals surface area (Å²) in [5.41, 5.74) is 5.14. The first-order valence-electron chi connectivity index (χ1n) is 7.87. The van der Waals surface area contributed by atoms with Gasteiger partial charge in [-0.25, -0.2) is 4.79 Å². The van der Waals surface area contributed by atoms with Gasteiger partial charge < -0.3 is 14.9 Å². The van der Waals surface area contributed by atoms with Crippen LogP contribution in [-0.4, -0.2) is 16.4 Å². The Morgan fingerprint density at radius 3 is 1.62 bits per heavy atom. The van der Waals surface area contributed by atoms with E-state index in [0.29, 0.717) is 11.5 Å². The highest BCUT2D eigenvalue weighted by atomic mass is 16.7. The number of hydrogen-bond donors (Lipinski definition) is 2. The molecule has 0 saturated carbocycles. The number of aryl methyl sites for hydroxylation is 4. The molecule has 0 saturated heterocycles. The molecule has 0 aliphatic rings. The fourth-order valence-electron chi connectivity index (χ4n) is 3.04. The van der Waals surface area contributed by atoms with Crippen LogP contribution in [0.4, 0.5) is 4.79 Å². The molecule has 2 N–H and O–H groups in total. The van der Waals surface area contributed by atoms with Gasteiger partial charge in [0.2, 0.25) is 0 Å². The van der Waals surface area contributed by atoms with Gasteiger partial charge in [0.05, 0.1) is 0 Å². The van der Waals surface area contributed by atoms with E-state index in [1.165, 1.54) is 0 Å². The fourth-order valence-corrected chi connectivity index (χ4v) is 3.04. The second-order valence-electron chi connectivity index (χ2n) is 6.89. The maximum absolute atomic E-state index is 10.8. The van der Waals surface area contributed by atoms with E-state index in [9.17, 15) is 9.90 Å². The van der Waals surface area contributed by atoms with Gasteiger partial charge >= 0.3 is 6.16 Å². The number of aromatic hydroxyl groups is 1. The lowest BCUT2D eigenvalue weighted by Crippen LogP contribution is -2.20. The molecule has 0 spiro atoms. The second kappa shape index (κ2) is 6.19. The maximum atomic E-state index is 10.8. The third-order valence-corrected chi connectivity index (χ3v) is 4.58. The Kier molecular flexibility index (Phi) is 4.61. The SMILES string of the molecule is Cc1cc(C(C)(C)c2cc(C)c(OC(=O)O)c(C)c2)cc(C)c1O. The van der Waals surface area contributed by atoms with Crippen molar-refractivity contribution in [3.8, 4) is 11.5 Å². The highest BCUT2D eigenvalue weighted by molar-refractivity contribution is 5.63. The van der Waals surface area contributed by atoms with E-state index in [-0.39, 0.29) is 5.41 Å². The topological polar surface area (TPSA) is 66.8 Å².